The normalized spacial score (nSPS) is 12.4. The molecule has 0 aliphatic rings. The van der Waals surface area contributed by atoms with Gasteiger partial charge in [-0.15, -0.1) is 6.42 Å². The fourth-order valence-electron chi connectivity index (χ4n) is 2.61. The standard InChI is InChI=1S/C16H21Cl2IN.ClH/c1-4-9-20(10-5-2,16(19)6-3)12-13-7-8-14(17)11-15(13)18;/h3,7-8,11,16H,4-5,9-10,12H2,1-2H3;1H/q+1;/p-1. The largest absolute Gasteiger partial charge is 1.00 e. The van der Waals surface area contributed by atoms with Crippen LogP contribution in [-0.2, 0) is 6.54 Å². The minimum Gasteiger partial charge on any atom is -1.00 e. The monoisotopic (exact) mass is 459 g/mol. The lowest BCUT2D eigenvalue weighted by atomic mass is 10.1. The number of rotatable bonds is 7. The van der Waals surface area contributed by atoms with Crippen LogP contribution in [0.3, 0.4) is 0 Å². The number of hydrogen-bond acceptors (Lipinski definition) is 0. The van der Waals surface area contributed by atoms with Gasteiger partial charge in [-0.05, 0) is 30.9 Å². The summed E-state index contributed by atoms with van der Waals surface area (Å²) in [6.07, 6.45) is 7.91. The first-order valence-electron chi connectivity index (χ1n) is 6.89. The highest BCUT2D eigenvalue weighted by molar-refractivity contribution is 14.1. The van der Waals surface area contributed by atoms with Gasteiger partial charge in [0, 0.05) is 33.2 Å². The Bertz CT molecular complexity index is 479. The van der Waals surface area contributed by atoms with Crippen molar-refractivity contribution in [1.82, 2.24) is 0 Å². The summed E-state index contributed by atoms with van der Waals surface area (Å²) in [6.45, 7) is 7.38. The molecule has 118 valence electrons. The highest BCUT2D eigenvalue weighted by Gasteiger charge is 2.33. The molecule has 0 saturated heterocycles. The SMILES string of the molecule is C#CC(I)[N+](CCC)(CCC)Cc1ccc(Cl)cc1Cl.[Cl-]. The van der Waals surface area contributed by atoms with Gasteiger partial charge in [0.15, 0.2) is 0 Å². The molecule has 0 N–H and O–H groups in total. The van der Waals surface area contributed by atoms with E-state index in [4.69, 9.17) is 29.6 Å². The maximum atomic E-state index is 6.34. The van der Waals surface area contributed by atoms with Crippen LogP contribution in [0.5, 0.6) is 0 Å². The summed E-state index contributed by atoms with van der Waals surface area (Å²) < 4.78 is 1.03. The molecule has 1 nitrogen and oxygen atoms in total. The van der Waals surface area contributed by atoms with Gasteiger partial charge in [0.25, 0.3) is 0 Å². The van der Waals surface area contributed by atoms with Crippen molar-refractivity contribution in [2.75, 3.05) is 13.1 Å². The predicted octanol–water partition coefficient (Wildman–Crippen LogP) is 2.53. The molecule has 0 radical (unpaired) electrons. The Kier molecular flexibility index (Phi) is 10.3. The fourth-order valence-corrected chi connectivity index (χ4v) is 3.84. The molecule has 0 aliphatic heterocycles. The van der Waals surface area contributed by atoms with Crippen molar-refractivity contribution in [3.05, 3.63) is 33.8 Å². The quantitative estimate of drug-likeness (QED) is 0.193. The third kappa shape index (κ3) is 5.80. The van der Waals surface area contributed by atoms with E-state index >= 15 is 0 Å². The van der Waals surface area contributed by atoms with Gasteiger partial charge in [-0.1, -0.05) is 43.1 Å². The second-order valence-corrected chi connectivity index (χ2v) is 7.09. The fraction of sp³-hybridized carbons (Fsp3) is 0.500. The smallest absolute Gasteiger partial charge is 0.200 e. The van der Waals surface area contributed by atoms with E-state index in [9.17, 15) is 0 Å². The first-order chi connectivity index (χ1) is 9.49. The first-order valence-corrected chi connectivity index (χ1v) is 8.89. The molecule has 5 heteroatoms. The molecular weight excluding hydrogens is 439 g/mol. The summed E-state index contributed by atoms with van der Waals surface area (Å²) in [5.41, 5.74) is 1.12. The van der Waals surface area contributed by atoms with Crippen molar-refractivity contribution >= 4 is 45.8 Å². The molecule has 1 unspecified atom stereocenters. The van der Waals surface area contributed by atoms with Crippen LogP contribution < -0.4 is 12.4 Å². The van der Waals surface area contributed by atoms with Gasteiger partial charge in [0.1, 0.15) is 6.54 Å². The Morgan fingerprint density at radius 2 is 1.81 bits per heavy atom. The number of nitrogens with zero attached hydrogens (tertiary/aromatic N) is 1. The molecule has 0 saturated carbocycles. The minimum absolute atomic E-state index is 0. The van der Waals surface area contributed by atoms with Crippen LogP contribution >= 0.6 is 45.8 Å². The van der Waals surface area contributed by atoms with Gasteiger partial charge < -0.3 is 12.4 Å². The van der Waals surface area contributed by atoms with Gasteiger partial charge in [-0.3, -0.25) is 4.48 Å². The summed E-state index contributed by atoms with van der Waals surface area (Å²) in [7, 11) is 0. The van der Waals surface area contributed by atoms with E-state index in [-0.39, 0.29) is 16.5 Å². The van der Waals surface area contributed by atoms with Crippen LogP contribution in [0.2, 0.25) is 10.0 Å². The van der Waals surface area contributed by atoms with Crippen LogP contribution in [0.4, 0.5) is 0 Å². The van der Waals surface area contributed by atoms with Crippen molar-refractivity contribution in [2.24, 2.45) is 0 Å². The van der Waals surface area contributed by atoms with Crippen molar-refractivity contribution in [3.8, 4) is 12.3 Å². The molecule has 1 rings (SSSR count). The third-order valence-electron chi connectivity index (χ3n) is 3.46. The second-order valence-electron chi connectivity index (χ2n) is 5.06. The number of hydrogen-bond donors (Lipinski definition) is 0. The van der Waals surface area contributed by atoms with Crippen LogP contribution in [-0.4, -0.2) is 21.6 Å². The zero-order chi connectivity index (χ0) is 15.2. The number of terminal acetylenes is 1. The van der Waals surface area contributed by atoms with E-state index in [1.807, 2.05) is 18.2 Å². The van der Waals surface area contributed by atoms with Crippen molar-refractivity contribution in [1.29, 1.82) is 0 Å². The molecule has 1 aromatic carbocycles. The highest BCUT2D eigenvalue weighted by Crippen LogP contribution is 2.29. The molecule has 0 aromatic heterocycles. The maximum Gasteiger partial charge on any atom is 0.200 e. The van der Waals surface area contributed by atoms with Crippen LogP contribution in [0.1, 0.15) is 32.3 Å². The second kappa shape index (κ2) is 10.2. The van der Waals surface area contributed by atoms with E-state index in [0.717, 1.165) is 47.5 Å². The van der Waals surface area contributed by atoms with Crippen LogP contribution in [0.15, 0.2) is 18.2 Å². The maximum absolute atomic E-state index is 6.34. The lowest BCUT2D eigenvalue weighted by molar-refractivity contribution is -0.940. The van der Waals surface area contributed by atoms with Gasteiger partial charge in [0.2, 0.25) is 4.05 Å². The lowest BCUT2D eigenvalue weighted by Gasteiger charge is -2.40. The van der Waals surface area contributed by atoms with Gasteiger partial charge >= 0.3 is 0 Å². The van der Waals surface area contributed by atoms with E-state index in [1.54, 1.807) is 0 Å². The molecule has 0 amide bonds. The Morgan fingerprint density at radius 1 is 1.24 bits per heavy atom. The Balaban J connectivity index is 0.00000400. The first kappa shape index (κ1) is 21.3. The summed E-state index contributed by atoms with van der Waals surface area (Å²) in [4.78, 5) is 0. The van der Waals surface area contributed by atoms with Crippen molar-refractivity contribution < 1.29 is 16.9 Å². The minimum atomic E-state index is 0. The van der Waals surface area contributed by atoms with Crippen LogP contribution in [0, 0.1) is 12.3 Å². The van der Waals surface area contributed by atoms with E-state index in [2.05, 4.69) is 42.4 Å². The Hall–Kier alpha value is 0.340. The summed E-state index contributed by atoms with van der Waals surface area (Å²) >= 11 is 14.7. The molecule has 0 spiro atoms. The van der Waals surface area contributed by atoms with Crippen molar-refractivity contribution in [2.45, 2.75) is 37.3 Å². The molecule has 1 atom stereocenters. The third-order valence-corrected chi connectivity index (χ3v) is 5.58. The van der Waals surface area contributed by atoms with Gasteiger partial charge in [-0.2, -0.15) is 0 Å². The summed E-state index contributed by atoms with van der Waals surface area (Å²) in [6, 6.07) is 5.72. The lowest BCUT2D eigenvalue weighted by Crippen LogP contribution is -3.00. The highest BCUT2D eigenvalue weighted by atomic mass is 127. The van der Waals surface area contributed by atoms with E-state index in [0.29, 0.717) is 5.02 Å². The molecule has 21 heavy (non-hydrogen) atoms. The zero-order valence-electron chi connectivity index (χ0n) is 12.4. The topological polar surface area (TPSA) is 0 Å². The number of halogens is 4. The van der Waals surface area contributed by atoms with E-state index in [1.165, 1.54) is 0 Å². The molecule has 0 bridgehead atoms. The predicted molar refractivity (Wildman–Crippen MR) is 97.4 cm³/mol. The number of quaternary nitrogens is 1. The molecule has 0 fully saturated rings. The average Bonchev–Trinajstić information content (AvgIpc) is 2.41. The van der Waals surface area contributed by atoms with Crippen LogP contribution in [0.25, 0.3) is 0 Å². The van der Waals surface area contributed by atoms with E-state index < -0.39 is 0 Å². The van der Waals surface area contributed by atoms with Gasteiger partial charge in [0.05, 0.1) is 18.1 Å². The summed E-state index contributed by atoms with van der Waals surface area (Å²) in [5.74, 6) is 2.92. The summed E-state index contributed by atoms with van der Waals surface area (Å²) in [5, 5.41) is 1.40. The Labute approximate surface area is 158 Å². The van der Waals surface area contributed by atoms with Gasteiger partial charge in [-0.25, -0.2) is 0 Å². The molecule has 0 heterocycles. The average molecular weight is 461 g/mol. The molecule has 1 aromatic rings. The zero-order valence-corrected chi connectivity index (χ0v) is 16.8. The number of benzene rings is 1. The molecule has 0 aliphatic carbocycles. The molecular formula is C16H21Cl3IN. The van der Waals surface area contributed by atoms with Crippen molar-refractivity contribution in [3.63, 3.8) is 0 Å². The Morgan fingerprint density at radius 3 is 2.24 bits per heavy atom. The number of alkyl halides is 1.